The molecule has 0 radical (unpaired) electrons. The van der Waals surface area contributed by atoms with E-state index in [2.05, 4.69) is 22.0 Å². The smallest absolute Gasteiger partial charge is 0.0707 e. The molecule has 0 aliphatic carbocycles. The predicted octanol–water partition coefficient (Wildman–Crippen LogP) is 1.70. The fraction of sp³-hybridized carbons (Fsp3) is 1.00. The monoisotopic (exact) mass is 295 g/mol. The molecule has 3 aliphatic rings. The Hall–Kier alpha value is -0.160. The lowest BCUT2D eigenvalue weighted by Gasteiger charge is -2.25. The predicted molar refractivity (Wildman–Crippen MR) is 86.7 cm³/mol. The van der Waals surface area contributed by atoms with Crippen LogP contribution in [0, 0.1) is 0 Å². The van der Waals surface area contributed by atoms with Crippen molar-refractivity contribution in [2.45, 2.75) is 63.7 Å². The van der Waals surface area contributed by atoms with Crippen molar-refractivity contribution in [1.29, 1.82) is 0 Å². The maximum atomic E-state index is 6.21. The average molecular weight is 295 g/mol. The fourth-order valence-electron chi connectivity index (χ4n) is 4.18. The van der Waals surface area contributed by atoms with E-state index < -0.39 is 0 Å². The van der Waals surface area contributed by atoms with Crippen LogP contribution >= 0.6 is 0 Å². The number of rotatable bonds is 7. The van der Waals surface area contributed by atoms with Crippen LogP contribution in [0.4, 0.5) is 0 Å². The van der Waals surface area contributed by atoms with E-state index in [4.69, 9.17) is 4.74 Å². The zero-order valence-electron chi connectivity index (χ0n) is 13.7. The molecule has 3 heterocycles. The number of ether oxygens (including phenoxy) is 1. The lowest BCUT2D eigenvalue weighted by atomic mass is 10.2. The highest BCUT2D eigenvalue weighted by atomic mass is 16.5. The summed E-state index contributed by atoms with van der Waals surface area (Å²) in [6.07, 6.45) is 8.84. The molecule has 1 N–H and O–H groups in total. The highest BCUT2D eigenvalue weighted by molar-refractivity contribution is 4.87. The average Bonchev–Trinajstić information content (AvgIpc) is 3.20. The molecule has 4 nitrogen and oxygen atoms in total. The molecule has 3 aliphatic heterocycles. The molecule has 3 unspecified atom stereocenters. The second-order valence-electron chi connectivity index (χ2n) is 7.11. The molecule has 0 spiro atoms. The van der Waals surface area contributed by atoms with Gasteiger partial charge in [-0.3, -0.25) is 9.80 Å². The summed E-state index contributed by atoms with van der Waals surface area (Å²) in [7, 11) is 0. The molecule has 0 aromatic carbocycles. The maximum absolute atomic E-state index is 6.21. The normalized spacial score (nSPS) is 35.0. The van der Waals surface area contributed by atoms with E-state index in [1.54, 1.807) is 0 Å². The molecule has 3 atom stereocenters. The van der Waals surface area contributed by atoms with Crippen molar-refractivity contribution in [3.8, 4) is 0 Å². The Labute approximate surface area is 130 Å². The van der Waals surface area contributed by atoms with Crippen molar-refractivity contribution in [2.24, 2.45) is 0 Å². The molecule has 3 fully saturated rings. The number of likely N-dealkylation sites (tertiary alicyclic amines) is 2. The molecule has 0 aromatic heterocycles. The Morgan fingerprint density at radius 2 is 1.86 bits per heavy atom. The molecular weight excluding hydrogens is 262 g/mol. The highest BCUT2D eigenvalue weighted by Crippen LogP contribution is 2.24. The molecule has 4 heteroatoms. The lowest BCUT2D eigenvalue weighted by molar-refractivity contribution is 0.0265. The zero-order valence-corrected chi connectivity index (χ0v) is 13.7. The van der Waals surface area contributed by atoms with Crippen LogP contribution < -0.4 is 5.32 Å². The Balaban J connectivity index is 1.34. The van der Waals surface area contributed by atoms with Gasteiger partial charge in [-0.1, -0.05) is 6.92 Å². The third-order valence-electron chi connectivity index (χ3n) is 5.36. The first-order valence-corrected chi connectivity index (χ1v) is 9.17. The third-order valence-corrected chi connectivity index (χ3v) is 5.36. The summed E-state index contributed by atoms with van der Waals surface area (Å²) >= 11 is 0. The number of nitrogens with one attached hydrogen (secondary N) is 1. The Bertz CT molecular complexity index is 306. The summed E-state index contributed by atoms with van der Waals surface area (Å²) in [6.45, 7) is 10.8. The van der Waals surface area contributed by atoms with Gasteiger partial charge in [0.15, 0.2) is 0 Å². The van der Waals surface area contributed by atoms with E-state index >= 15 is 0 Å². The van der Waals surface area contributed by atoms with Gasteiger partial charge in [0.2, 0.25) is 0 Å². The SMILES string of the molecule is CCCNCC1CCC(CN2CCC(N3CCCC3)C2)O1. The van der Waals surface area contributed by atoms with E-state index in [1.807, 2.05) is 0 Å². The van der Waals surface area contributed by atoms with Crippen molar-refractivity contribution < 1.29 is 4.74 Å². The molecule has 3 rings (SSSR count). The number of hydrogen-bond acceptors (Lipinski definition) is 4. The second-order valence-corrected chi connectivity index (χ2v) is 7.11. The van der Waals surface area contributed by atoms with Crippen LogP contribution in [-0.4, -0.2) is 73.9 Å². The number of nitrogens with zero attached hydrogens (tertiary/aromatic N) is 2. The molecule has 0 amide bonds. The maximum Gasteiger partial charge on any atom is 0.0707 e. The minimum Gasteiger partial charge on any atom is -0.372 e. The van der Waals surface area contributed by atoms with Crippen LogP contribution in [0.3, 0.4) is 0 Å². The van der Waals surface area contributed by atoms with Crippen molar-refractivity contribution >= 4 is 0 Å². The molecule has 21 heavy (non-hydrogen) atoms. The molecule has 122 valence electrons. The van der Waals surface area contributed by atoms with Gasteiger partial charge in [0.1, 0.15) is 0 Å². The van der Waals surface area contributed by atoms with Gasteiger partial charge in [-0.15, -0.1) is 0 Å². The Morgan fingerprint density at radius 1 is 1.05 bits per heavy atom. The van der Waals surface area contributed by atoms with Crippen LogP contribution in [-0.2, 0) is 4.74 Å². The van der Waals surface area contributed by atoms with Gasteiger partial charge in [0, 0.05) is 25.7 Å². The van der Waals surface area contributed by atoms with Gasteiger partial charge >= 0.3 is 0 Å². The van der Waals surface area contributed by atoms with Crippen LogP contribution in [0.2, 0.25) is 0 Å². The summed E-state index contributed by atoms with van der Waals surface area (Å²) in [5.41, 5.74) is 0. The van der Waals surface area contributed by atoms with Crippen molar-refractivity contribution in [3.05, 3.63) is 0 Å². The van der Waals surface area contributed by atoms with E-state index in [9.17, 15) is 0 Å². The van der Waals surface area contributed by atoms with Gasteiger partial charge in [-0.2, -0.15) is 0 Å². The van der Waals surface area contributed by atoms with Gasteiger partial charge in [-0.05, 0) is 64.7 Å². The first-order valence-electron chi connectivity index (χ1n) is 9.17. The first kappa shape index (κ1) is 15.7. The van der Waals surface area contributed by atoms with Crippen LogP contribution in [0.1, 0.15) is 45.4 Å². The second kappa shape index (κ2) is 7.91. The van der Waals surface area contributed by atoms with Crippen molar-refractivity contribution in [2.75, 3.05) is 45.8 Å². The summed E-state index contributed by atoms with van der Waals surface area (Å²) in [6, 6.07) is 0.830. The first-order chi connectivity index (χ1) is 10.3. The topological polar surface area (TPSA) is 27.7 Å². The summed E-state index contributed by atoms with van der Waals surface area (Å²) < 4.78 is 6.21. The summed E-state index contributed by atoms with van der Waals surface area (Å²) in [5, 5.41) is 3.49. The molecule has 0 bridgehead atoms. The van der Waals surface area contributed by atoms with Gasteiger partial charge in [0.25, 0.3) is 0 Å². The van der Waals surface area contributed by atoms with E-state index in [1.165, 1.54) is 64.7 Å². The standard InChI is InChI=1S/C17H33N3O/c1-2-8-18-12-16-5-6-17(21-16)14-19-11-7-15(13-19)20-9-3-4-10-20/h15-18H,2-14H2,1H3. The minimum atomic E-state index is 0.457. The van der Waals surface area contributed by atoms with Crippen molar-refractivity contribution in [3.63, 3.8) is 0 Å². The third kappa shape index (κ3) is 4.41. The number of hydrogen-bond donors (Lipinski definition) is 1. The summed E-state index contributed by atoms with van der Waals surface area (Å²) in [5.74, 6) is 0. The van der Waals surface area contributed by atoms with Crippen LogP contribution in [0.15, 0.2) is 0 Å². The van der Waals surface area contributed by atoms with E-state index in [-0.39, 0.29) is 0 Å². The largest absolute Gasteiger partial charge is 0.372 e. The Morgan fingerprint density at radius 3 is 2.67 bits per heavy atom. The molecule has 0 aromatic rings. The highest BCUT2D eigenvalue weighted by Gasteiger charge is 2.32. The summed E-state index contributed by atoms with van der Waals surface area (Å²) in [4.78, 5) is 5.36. The Kier molecular flexibility index (Phi) is 5.92. The molecule has 0 saturated carbocycles. The quantitative estimate of drug-likeness (QED) is 0.724. The zero-order chi connectivity index (χ0) is 14.5. The van der Waals surface area contributed by atoms with Crippen LogP contribution in [0.5, 0.6) is 0 Å². The van der Waals surface area contributed by atoms with Crippen molar-refractivity contribution in [1.82, 2.24) is 15.1 Å². The fourth-order valence-corrected chi connectivity index (χ4v) is 4.18. The molecule has 3 saturated heterocycles. The van der Waals surface area contributed by atoms with E-state index in [0.29, 0.717) is 12.2 Å². The van der Waals surface area contributed by atoms with Crippen LogP contribution in [0.25, 0.3) is 0 Å². The minimum absolute atomic E-state index is 0.457. The molecular formula is C17H33N3O. The lowest BCUT2D eigenvalue weighted by Crippen LogP contribution is -2.37. The van der Waals surface area contributed by atoms with Gasteiger partial charge < -0.3 is 10.1 Å². The van der Waals surface area contributed by atoms with Gasteiger partial charge in [0.05, 0.1) is 12.2 Å². The van der Waals surface area contributed by atoms with Gasteiger partial charge in [-0.25, -0.2) is 0 Å². The van der Waals surface area contributed by atoms with E-state index in [0.717, 1.165) is 25.7 Å².